The summed E-state index contributed by atoms with van der Waals surface area (Å²) >= 11 is 6.02. The Morgan fingerprint density at radius 3 is 2.65 bits per heavy atom. The number of aryl methyl sites for hydroxylation is 2. The van der Waals surface area contributed by atoms with Gasteiger partial charge in [-0.2, -0.15) is 5.10 Å². The lowest BCUT2D eigenvalue weighted by atomic mass is 9.99. The maximum Gasteiger partial charge on any atom is 0.122 e. The van der Waals surface area contributed by atoms with Gasteiger partial charge in [-0.3, -0.25) is 4.68 Å². The number of nitrogens with zero attached hydrogens (tertiary/aromatic N) is 2. The van der Waals surface area contributed by atoms with E-state index in [1.165, 1.54) is 0 Å². The fourth-order valence-corrected chi connectivity index (χ4v) is 2.68. The van der Waals surface area contributed by atoms with Crippen LogP contribution in [-0.2, 0) is 13.5 Å². The summed E-state index contributed by atoms with van der Waals surface area (Å²) in [5.74, 6) is 0.729. The Morgan fingerprint density at radius 1 is 1.40 bits per heavy atom. The van der Waals surface area contributed by atoms with Gasteiger partial charge in [0.1, 0.15) is 5.75 Å². The van der Waals surface area contributed by atoms with Crippen molar-refractivity contribution in [3.8, 4) is 5.75 Å². The van der Waals surface area contributed by atoms with Crippen molar-refractivity contribution in [1.82, 2.24) is 9.78 Å². The standard InChI is InChI=1S/C15H19ClN2O2/c1-9-15(10(2)18(3)17-9)13(19)8-11-7-12(16)5-6-14(11)20-4/h5-7,13,19H,8H2,1-4H3. The van der Waals surface area contributed by atoms with Gasteiger partial charge in [-0.15, -0.1) is 0 Å². The predicted molar refractivity (Wildman–Crippen MR) is 79.3 cm³/mol. The minimum absolute atomic E-state index is 0.442. The molecule has 1 heterocycles. The molecule has 2 rings (SSSR count). The van der Waals surface area contributed by atoms with Crippen molar-refractivity contribution in [3.63, 3.8) is 0 Å². The molecule has 1 atom stereocenters. The summed E-state index contributed by atoms with van der Waals surface area (Å²) in [5, 5.41) is 15.5. The fraction of sp³-hybridized carbons (Fsp3) is 0.400. The number of aliphatic hydroxyl groups is 1. The maximum atomic E-state index is 10.5. The lowest BCUT2D eigenvalue weighted by Gasteiger charge is -2.14. The van der Waals surface area contributed by atoms with E-state index >= 15 is 0 Å². The Balaban J connectivity index is 2.32. The van der Waals surface area contributed by atoms with E-state index in [2.05, 4.69) is 5.10 Å². The van der Waals surface area contributed by atoms with Crippen LogP contribution >= 0.6 is 11.6 Å². The van der Waals surface area contributed by atoms with E-state index in [0.717, 1.165) is 28.3 Å². The zero-order valence-corrected chi connectivity index (χ0v) is 12.9. The molecule has 2 aromatic rings. The molecule has 0 aliphatic carbocycles. The van der Waals surface area contributed by atoms with Gasteiger partial charge < -0.3 is 9.84 Å². The molecule has 0 amide bonds. The van der Waals surface area contributed by atoms with Gasteiger partial charge in [0.15, 0.2) is 0 Å². The van der Waals surface area contributed by atoms with Crippen LogP contribution in [0.5, 0.6) is 5.75 Å². The number of halogens is 1. The SMILES string of the molecule is COc1ccc(Cl)cc1CC(O)c1c(C)nn(C)c1C. The van der Waals surface area contributed by atoms with Gasteiger partial charge >= 0.3 is 0 Å². The third-order valence-electron chi connectivity index (χ3n) is 3.55. The Labute approximate surface area is 123 Å². The highest BCUT2D eigenvalue weighted by Crippen LogP contribution is 2.30. The average molecular weight is 295 g/mol. The van der Waals surface area contributed by atoms with E-state index in [9.17, 15) is 5.11 Å². The molecule has 1 unspecified atom stereocenters. The van der Waals surface area contributed by atoms with Gasteiger partial charge in [0.2, 0.25) is 0 Å². The Hall–Kier alpha value is -1.52. The first-order chi connectivity index (χ1) is 9.43. The van der Waals surface area contributed by atoms with Gasteiger partial charge in [-0.25, -0.2) is 0 Å². The van der Waals surface area contributed by atoms with Crippen molar-refractivity contribution in [2.24, 2.45) is 7.05 Å². The number of hydrogen-bond acceptors (Lipinski definition) is 3. The molecule has 0 spiro atoms. The van der Waals surface area contributed by atoms with E-state index < -0.39 is 6.10 Å². The highest BCUT2D eigenvalue weighted by Gasteiger charge is 2.19. The van der Waals surface area contributed by atoms with Crippen LogP contribution in [0.2, 0.25) is 5.02 Å². The summed E-state index contributed by atoms with van der Waals surface area (Å²) in [6.07, 6.45) is -0.187. The molecule has 4 nitrogen and oxygen atoms in total. The molecule has 0 saturated carbocycles. The predicted octanol–water partition coefficient (Wildman–Crippen LogP) is 2.98. The monoisotopic (exact) mass is 294 g/mol. The Kier molecular flexibility index (Phi) is 4.35. The van der Waals surface area contributed by atoms with Crippen LogP contribution < -0.4 is 4.74 Å². The third kappa shape index (κ3) is 2.81. The molecule has 1 aromatic carbocycles. The normalized spacial score (nSPS) is 12.5. The number of aliphatic hydroxyl groups excluding tert-OH is 1. The second-order valence-electron chi connectivity index (χ2n) is 4.88. The van der Waals surface area contributed by atoms with Crippen LogP contribution in [0.3, 0.4) is 0 Å². The van der Waals surface area contributed by atoms with Gasteiger partial charge in [0, 0.05) is 29.7 Å². The van der Waals surface area contributed by atoms with Crippen molar-refractivity contribution in [2.45, 2.75) is 26.4 Å². The number of ether oxygens (including phenoxy) is 1. The molecule has 0 aliphatic rings. The third-order valence-corrected chi connectivity index (χ3v) is 3.79. The topological polar surface area (TPSA) is 47.3 Å². The lowest BCUT2D eigenvalue weighted by Crippen LogP contribution is -2.06. The van der Waals surface area contributed by atoms with E-state index in [0.29, 0.717) is 11.4 Å². The molecule has 1 N–H and O–H groups in total. The van der Waals surface area contributed by atoms with E-state index in [1.54, 1.807) is 17.9 Å². The molecule has 1 aromatic heterocycles. The highest BCUT2D eigenvalue weighted by atomic mass is 35.5. The minimum Gasteiger partial charge on any atom is -0.496 e. The molecule has 0 radical (unpaired) electrons. The van der Waals surface area contributed by atoms with Crippen molar-refractivity contribution < 1.29 is 9.84 Å². The average Bonchev–Trinajstić information content (AvgIpc) is 2.63. The molecule has 0 saturated heterocycles. The summed E-state index contributed by atoms with van der Waals surface area (Å²) in [7, 11) is 3.48. The van der Waals surface area contributed by atoms with Crippen LogP contribution in [0.4, 0.5) is 0 Å². The number of aromatic nitrogens is 2. The highest BCUT2D eigenvalue weighted by molar-refractivity contribution is 6.30. The molecule has 108 valence electrons. The van der Waals surface area contributed by atoms with Gasteiger partial charge in [-0.1, -0.05) is 11.6 Å². The summed E-state index contributed by atoms with van der Waals surface area (Å²) in [6, 6.07) is 5.41. The summed E-state index contributed by atoms with van der Waals surface area (Å²) < 4.78 is 7.09. The van der Waals surface area contributed by atoms with Gasteiger partial charge in [0.05, 0.1) is 18.9 Å². The molecule has 0 aliphatic heterocycles. The van der Waals surface area contributed by atoms with Crippen LogP contribution in [0.1, 0.15) is 28.6 Å². The molecule has 0 fully saturated rings. The molecule has 0 bridgehead atoms. The van der Waals surface area contributed by atoms with Crippen molar-refractivity contribution in [1.29, 1.82) is 0 Å². The number of benzene rings is 1. The smallest absolute Gasteiger partial charge is 0.122 e. The summed E-state index contributed by atoms with van der Waals surface area (Å²) in [4.78, 5) is 0. The summed E-state index contributed by atoms with van der Waals surface area (Å²) in [5.41, 5.74) is 3.57. The van der Waals surface area contributed by atoms with Crippen LogP contribution in [0.15, 0.2) is 18.2 Å². The fourth-order valence-electron chi connectivity index (χ4n) is 2.49. The zero-order valence-electron chi connectivity index (χ0n) is 12.1. The zero-order chi connectivity index (χ0) is 14.9. The molecule has 20 heavy (non-hydrogen) atoms. The van der Waals surface area contributed by atoms with Crippen molar-refractivity contribution in [2.75, 3.05) is 7.11 Å². The first-order valence-electron chi connectivity index (χ1n) is 6.44. The van der Waals surface area contributed by atoms with Crippen LogP contribution in [-0.4, -0.2) is 22.0 Å². The van der Waals surface area contributed by atoms with Crippen LogP contribution in [0, 0.1) is 13.8 Å². The second kappa shape index (κ2) is 5.85. The summed E-state index contributed by atoms with van der Waals surface area (Å²) in [6.45, 7) is 3.86. The van der Waals surface area contributed by atoms with Gasteiger partial charge in [0.25, 0.3) is 0 Å². The first-order valence-corrected chi connectivity index (χ1v) is 6.82. The van der Waals surface area contributed by atoms with E-state index in [-0.39, 0.29) is 0 Å². The Morgan fingerprint density at radius 2 is 2.10 bits per heavy atom. The first kappa shape index (κ1) is 14.9. The van der Waals surface area contributed by atoms with Crippen molar-refractivity contribution >= 4 is 11.6 Å². The van der Waals surface area contributed by atoms with E-state index in [1.807, 2.05) is 33.0 Å². The van der Waals surface area contributed by atoms with Crippen molar-refractivity contribution in [3.05, 3.63) is 45.7 Å². The lowest BCUT2D eigenvalue weighted by molar-refractivity contribution is 0.175. The quantitative estimate of drug-likeness (QED) is 0.943. The number of hydrogen-bond donors (Lipinski definition) is 1. The molecular weight excluding hydrogens is 276 g/mol. The van der Waals surface area contributed by atoms with Gasteiger partial charge in [-0.05, 0) is 37.6 Å². The van der Waals surface area contributed by atoms with E-state index in [4.69, 9.17) is 16.3 Å². The minimum atomic E-state index is -0.629. The molecule has 5 heteroatoms. The number of methoxy groups -OCH3 is 1. The second-order valence-corrected chi connectivity index (χ2v) is 5.32. The molecular formula is C15H19ClN2O2. The Bertz CT molecular complexity index is 623. The maximum absolute atomic E-state index is 10.5. The van der Waals surface area contributed by atoms with Crippen LogP contribution in [0.25, 0.3) is 0 Å². The number of rotatable bonds is 4. The largest absolute Gasteiger partial charge is 0.496 e.